The summed E-state index contributed by atoms with van der Waals surface area (Å²) in [5.74, 6) is -1.48. The first-order valence-electron chi connectivity index (χ1n) is 6.23. The molecule has 0 saturated heterocycles. The molecule has 7 heteroatoms. The number of hydrogen-bond donors (Lipinski definition) is 2. The van der Waals surface area contributed by atoms with Crippen molar-refractivity contribution in [3.8, 4) is 5.75 Å². The second kappa shape index (κ2) is 6.91. The van der Waals surface area contributed by atoms with Gasteiger partial charge in [0.05, 0.1) is 5.69 Å². The second-order valence-electron chi connectivity index (χ2n) is 4.36. The lowest BCUT2D eigenvalue weighted by molar-refractivity contribution is -0.119. The van der Waals surface area contributed by atoms with Gasteiger partial charge in [0.15, 0.2) is 6.61 Å². The maximum Gasteiger partial charge on any atom is 0.255 e. The molecule has 3 N–H and O–H groups in total. The second-order valence-corrected chi connectivity index (χ2v) is 4.80. The summed E-state index contributed by atoms with van der Waals surface area (Å²) >= 11 is 5.64. The zero-order valence-corrected chi connectivity index (χ0v) is 12.1. The van der Waals surface area contributed by atoms with E-state index in [0.717, 1.165) is 6.07 Å². The summed E-state index contributed by atoms with van der Waals surface area (Å²) in [5.41, 5.74) is 5.23. The molecule has 2 aromatic carbocycles. The third kappa shape index (κ3) is 4.20. The van der Waals surface area contributed by atoms with Gasteiger partial charge in [-0.2, -0.15) is 0 Å². The fraction of sp³-hybridized carbons (Fsp3) is 0.0667. The molecule has 0 aliphatic carbocycles. The number of benzene rings is 2. The lowest BCUT2D eigenvalue weighted by Crippen LogP contribution is -2.20. The third-order valence-corrected chi connectivity index (χ3v) is 2.89. The van der Waals surface area contributed by atoms with Crippen LogP contribution in [0.15, 0.2) is 42.5 Å². The molecule has 0 fully saturated rings. The van der Waals surface area contributed by atoms with Gasteiger partial charge >= 0.3 is 0 Å². The number of ether oxygens (including phenoxy) is 1. The Morgan fingerprint density at radius 1 is 1.23 bits per heavy atom. The summed E-state index contributed by atoms with van der Waals surface area (Å²) < 4.78 is 18.7. The standard InChI is InChI=1S/C15H12ClFN2O3/c16-10-4-5-13(12(17)7-10)19-15(21)9-2-1-3-11(6-9)22-8-14(18)20/h1-7H,8H2,(H2,18,20)(H,19,21). The van der Waals surface area contributed by atoms with Gasteiger partial charge in [-0.3, -0.25) is 9.59 Å². The van der Waals surface area contributed by atoms with Gasteiger partial charge in [-0.15, -0.1) is 0 Å². The highest BCUT2D eigenvalue weighted by molar-refractivity contribution is 6.30. The van der Waals surface area contributed by atoms with Crippen molar-refractivity contribution in [2.24, 2.45) is 5.73 Å². The normalized spacial score (nSPS) is 10.1. The summed E-state index contributed by atoms with van der Waals surface area (Å²) in [6.07, 6.45) is 0. The molecule has 0 heterocycles. The Hall–Kier alpha value is -2.60. The molecule has 0 unspecified atom stereocenters. The maximum absolute atomic E-state index is 13.6. The monoisotopic (exact) mass is 322 g/mol. The number of rotatable bonds is 5. The zero-order chi connectivity index (χ0) is 16.1. The lowest BCUT2D eigenvalue weighted by Gasteiger charge is -2.08. The van der Waals surface area contributed by atoms with Crippen molar-refractivity contribution in [3.05, 3.63) is 58.9 Å². The number of hydrogen-bond acceptors (Lipinski definition) is 3. The van der Waals surface area contributed by atoms with Crippen LogP contribution in [0.25, 0.3) is 0 Å². The predicted octanol–water partition coefficient (Wildman–Crippen LogP) is 2.60. The molecule has 22 heavy (non-hydrogen) atoms. The summed E-state index contributed by atoms with van der Waals surface area (Å²) in [4.78, 5) is 22.7. The van der Waals surface area contributed by atoms with Crippen LogP contribution in [0.1, 0.15) is 10.4 Å². The van der Waals surface area contributed by atoms with Gasteiger partial charge in [-0.05, 0) is 36.4 Å². The predicted molar refractivity (Wildman–Crippen MR) is 80.5 cm³/mol. The Kier molecular flexibility index (Phi) is 4.95. The van der Waals surface area contributed by atoms with Crippen molar-refractivity contribution in [3.63, 3.8) is 0 Å². The Labute approximate surface area is 130 Å². The van der Waals surface area contributed by atoms with Crippen molar-refractivity contribution in [1.82, 2.24) is 0 Å². The van der Waals surface area contributed by atoms with Gasteiger partial charge < -0.3 is 15.8 Å². The molecule has 2 rings (SSSR count). The first kappa shape index (κ1) is 15.8. The summed E-state index contributed by atoms with van der Waals surface area (Å²) in [5, 5.41) is 2.66. The van der Waals surface area contributed by atoms with Crippen LogP contribution in [0.3, 0.4) is 0 Å². The molecule has 0 atom stereocenters. The lowest BCUT2D eigenvalue weighted by atomic mass is 10.2. The molecule has 2 amide bonds. The average Bonchev–Trinajstić information content (AvgIpc) is 2.48. The van der Waals surface area contributed by atoms with Crippen LogP contribution in [-0.4, -0.2) is 18.4 Å². The van der Waals surface area contributed by atoms with Crippen molar-refractivity contribution < 1.29 is 18.7 Å². The molecule has 0 aromatic heterocycles. The SMILES string of the molecule is NC(=O)COc1cccc(C(=O)Nc2ccc(Cl)cc2F)c1. The molecule has 0 aliphatic rings. The number of nitrogens with one attached hydrogen (secondary N) is 1. The van der Waals surface area contributed by atoms with Crippen molar-refractivity contribution in [2.75, 3.05) is 11.9 Å². The van der Waals surface area contributed by atoms with Crippen molar-refractivity contribution in [2.45, 2.75) is 0 Å². The first-order valence-corrected chi connectivity index (χ1v) is 6.61. The van der Waals surface area contributed by atoms with E-state index in [4.69, 9.17) is 22.1 Å². The van der Waals surface area contributed by atoms with E-state index in [1.54, 1.807) is 12.1 Å². The van der Waals surface area contributed by atoms with Gasteiger partial charge in [-0.1, -0.05) is 17.7 Å². The molecule has 114 valence electrons. The molecule has 0 aliphatic heterocycles. The molecule has 0 saturated carbocycles. The maximum atomic E-state index is 13.6. The Morgan fingerprint density at radius 3 is 2.68 bits per heavy atom. The van der Waals surface area contributed by atoms with Gasteiger partial charge in [-0.25, -0.2) is 4.39 Å². The van der Waals surface area contributed by atoms with Crippen LogP contribution in [0.4, 0.5) is 10.1 Å². The quantitative estimate of drug-likeness (QED) is 0.887. The zero-order valence-electron chi connectivity index (χ0n) is 11.3. The number of anilines is 1. The molecular formula is C15H12ClFN2O3. The Morgan fingerprint density at radius 2 is 2.00 bits per heavy atom. The van der Waals surface area contributed by atoms with Gasteiger partial charge in [0.2, 0.25) is 0 Å². The number of halogens is 2. The van der Waals surface area contributed by atoms with E-state index in [-0.39, 0.29) is 22.9 Å². The molecule has 0 radical (unpaired) electrons. The Bertz CT molecular complexity index is 722. The topological polar surface area (TPSA) is 81.4 Å². The van der Waals surface area contributed by atoms with E-state index in [1.807, 2.05) is 0 Å². The van der Waals surface area contributed by atoms with E-state index >= 15 is 0 Å². The molecule has 0 bridgehead atoms. The van der Waals surface area contributed by atoms with Crippen LogP contribution in [0.5, 0.6) is 5.75 Å². The van der Waals surface area contributed by atoms with Crippen LogP contribution in [0, 0.1) is 5.82 Å². The van der Waals surface area contributed by atoms with Crippen molar-refractivity contribution in [1.29, 1.82) is 0 Å². The highest BCUT2D eigenvalue weighted by atomic mass is 35.5. The van der Waals surface area contributed by atoms with Crippen molar-refractivity contribution >= 4 is 29.1 Å². The van der Waals surface area contributed by atoms with E-state index in [2.05, 4.69) is 5.32 Å². The molecular weight excluding hydrogens is 311 g/mol. The van der Waals surface area contributed by atoms with Gasteiger partial charge in [0.1, 0.15) is 11.6 Å². The number of carbonyl (C=O) groups is 2. The Balaban J connectivity index is 2.12. The highest BCUT2D eigenvalue weighted by Gasteiger charge is 2.11. The first-order chi connectivity index (χ1) is 10.5. The van der Waals surface area contributed by atoms with Crippen LogP contribution in [-0.2, 0) is 4.79 Å². The van der Waals surface area contributed by atoms with Gasteiger partial charge in [0, 0.05) is 10.6 Å². The van der Waals surface area contributed by atoms with Crippen LogP contribution >= 0.6 is 11.6 Å². The van der Waals surface area contributed by atoms with Gasteiger partial charge in [0.25, 0.3) is 11.8 Å². The summed E-state index contributed by atoms with van der Waals surface area (Å²) in [6, 6.07) is 10.0. The minimum atomic E-state index is -0.637. The van der Waals surface area contributed by atoms with E-state index < -0.39 is 17.6 Å². The average molecular weight is 323 g/mol. The van der Waals surface area contributed by atoms with Crippen LogP contribution in [0.2, 0.25) is 5.02 Å². The minimum absolute atomic E-state index is 0.0119. The minimum Gasteiger partial charge on any atom is -0.484 e. The largest absolute Gasteiger partial charge is 0.484 e. The fourth-order valence-corrected chi connectivity index (χ4v) is 1.83. The molecule has 0 spiro atoms. The van der Waals surface area contributed by atoms with E-state index in [1.165, 1.54) is 24.3 Å². The van der Waals surface area contributed by atoms with E-state index in [0.29, 0.717) is 5.75 Å². The number of amides is 2. The summed E-state index contributed by atoms with van der Waals surface area (Å²) in [7, 11) is 0. The summed E-state index contributed by atoms with van der Waals surface area (Å²) in [6.45, 7) is -0.295. The highest BCUT2D eigenvalue weighted by Crippen LogP contribution is 2.20. The molecule has 5 nitrogen and oxygen atoms in total. The molecule has 2 aromatic rings. The number of carbonyl (C=O) groups excluding carboxylic acids is 2. The van der Waals surface area contributed by atoms with Crippen LogP contribution < -0.4 is 15.8 Å². The fourth-order valence-electron chi connectivity index (χ4n) is 1.67. The smallest absolute Gasteiger partial charge is 0.255 e. The van der Waals surface area contributed by atoms with E-state index in [9.17, 15) is 14.0 Å². The third-order valence-electron chi connectivity index (χ3n) is 2.66. The number of nitrogens with two attached hydrogens (primary N) is 1. The number of primary amides is 1.